The fraction of sp³-hybridized carbons (Fsp3) is 0.250. The van der Waals surface area contributed by atoms with Gasteiger partial charge in [0, 0.05) is 18.1 Å². The number of benzene rings is 1. The molecule has 80 valence electrons. The maximum Gasteiger partial charge on any atom is 0.255 e. The molecule has 0 aliphatic heterocycles. The maximum absolute atomic E-state index is 12.0. The van der Waals surface area contributed by atoms with Crippen LogP contribution >= 0.6 is 15.9 Å². The van der Waals surface area contributed by atoms with Gasteiger partial charge in [-0.3, -0.25) is 4.79 Å². The van der Waals surface area contributed by atoms with Crippen LogP contribution in [0.25, 0.3) is 0 Å². The van der Waals surface area contributed by atoms with Crippen LogP contribution in [0, 0.1) is 6.92 Å². The first kappa shape index (κ1) is 12.0. The van der Waals surface area contributed by atoms with Crippen molar-refractivity contribution in [3.8, 4) is 0 Å². The summed E-state index contributed by atoms with van der Waals surface area (Å²) in [6.07, 6.45) is 1.71. The van der Waals surface area contributed by atoms with Crippen LogP contribution in [0.4, 0.5) is 0 Å². The van der Waals surface area contributed by atoms with Gasteiger partial charge in [0.2, 0.25) is 0 Å². The van der Waals surface area contributed by atoms with E-state index < -0.39 is 0 Å². The van der Waals surface area contributed by atoms with E-state index >= 15 is 0 Å². The van der Waals surface area contributed by atoms with Gasteiger partial charge >= 0.3 is 0 Å². The molecule has 1 rings (SSSR count). The molecule has 0 aromatic heterocycles. The fourth-order valence-electron chi connectivity index (χ4n) is 1.29. The standard InChI is InChI=1S/C12H14BrNO/c1-4-7-14(3)12(15)10-8-9(2)5-6-11(10)13/h4-6,8H,1,7H2,2-3H3. The Morgan fingerprint density at radius 3 is 2.87 bits per heavy atom. The van der Waals surface area contributed by atoms with Gasteiger partial charge in [0.25, 0.3) is 5.91 Å². The van der Waals surface area contributed by atoms with Gasteiger partial charge in [-0.15, -0.1) is 6.58 Å². The Bertz CT molecular complexity index is 387. The van der Waals surface area contributed by atoms with Crippen LogP contribution in [0.15, 0.2) is 35.3 Å². The number of likely N-dealkylation sites (N-methyl/N-ethyl adjacent to an activating group) is 1. The van der Waals surface area contributed by atoms with Crippen molar-refractivity contribution in [1.29, 1.82) is 0 Å². The molecule has 0 saturated carbocycles. The molecule has 0 heterocycles. The first-order valence-corrected chi connectivity index (χ1v) is 5.48. The molecule has 0 saturated heterocycles. The summed E-state index contributed by atoms with van der Waals surface area (Å²) >= 11 is 3.38. The molecule has 1 amide bonds. The number of halogens is 1. The zero-order valence-electron chi connectivity index (χ0n) is 8.96. The van der Waals surface area contributed by atoms with Crippen molar-refractivity contribution >= 4 is 21.8 Å². The number of hydrogen-bond donors (Lipinski definition) is 0. The molecule has 1 aromatic carbocycles. The highest BCUT2D eigenvalue weighted by molar-refractivity contribution is 9.10. The Kier molecular flexibility index (Phi) is 4.09. The Labute approximate surface area is 98.7 Å². The van der Waals surface area contributed by atoms with Crippen LogP contribution in [0.2, 0.25) is 0 Å². The summed E-state index contributed by atoms with van der Waals surface area (Å²) in [4.78, 5) is 13.6. The van der Waals surface area contributed by atoms with Crippen LogP contribution in [0.5, 0.6) is 0 Å². The second kappa shape index (κ2) is 5.12. The van der Waals surface area contributed by atoms with E-state index in [4.69, 9.17) is 0 Å². The molecular weight excluding hydrogens is 254 g/mol. The topological polar surface area (TPSA) is 20.3 Å². The van der Waals surface area contributed by atoms with Crippen LogP contribution < -0.4 is 0 Å². The van der Waals surface area contributed by atoms with Crippen LogP contribution in [-0.4, -0.2) is 24.4 Å². The molecule has 0 radical (unpaired) electrons. The molecule has 2 nitrogen and oxygen atoms in total. The quantitative estimate of drug-likeness (QED) is 0.772. The number of aryl methyl sites for hydroxylation is 1. The van der Waals surface area contributed by atoms with E-state index in [9.17, 15) is 4.79 Å². The van der Waals surface area contributed by atoms with Crippen LogP contribution in [-0.2, 0) is 0 Å². The summed E-state index contributed by atoms with van der Waals surface area (Å²) in [5, 5.41) is 0. The fourth-order valence-corrected chi connectivity index (χ4v) is 1.70. The van der Waals surface area contributed by atoms with E-state index in [1.54, 1.807) is 18.0 Å². The molecule has 1 aromatic rings. The van der Waals surface area contributed by atoms with Crippen molar-refractivity contribution in [3.05, 3.63) is 46.5 Å². The van der Waals surface area contributed by atoms with Crippen molar-refractivity contribution in [2.45, 2.75) is 6.92 Å². The van der Waals surface area contributed by atoms with E-state index in [1.165, 1.54) is 0 Å². The number of carbonyl (C=O) groups is 1. The number of rotatable bonds is 3. The molecule has 0 bridgehead atoms. The zero-order valence-corrected chi connectivity index (χ0v) is 10.5. The zero-order chi connectivity index (χ0) is 11.4. The average molecular weight is 268 g/mol. The molecule has 0 N–H and O–H groups in total. The van der Waals surface area contributed by atoms with E-state index in [0.717, 1.165) is 10.0 Å². The minimum atomic E-state index is 0.00507. The first-order chi connectivity index (χ1) is 7.06. The van der Waals surface area contributed by atoms with E-state index in [1.807, 2.05) is 25.1 Å². The summed E-state index contributed by atoms with van der Waals surface area (Å²) < 4.78 is 0.828. The lowest BCUT2D eigenvalue weighted by molar-refractivity contribution is 0.0809. The molecule has 0 spiro atoms. The molecule has 0 atom stereocenters. The molecule has 0 fully saturated rings. The molecular formula is C12H14BrNO. The molecule has 0 aliphatic rings. The third-order valence-electron chi connectivity index (χ3n) is 2.10. The number of nitrogens with zero attached hydrogens (tertiary/aromatic N) is 1. The Morgan fingerprint density at radius 2 is 2.27 bits per heavy atom. The smallest absolute Gasteiger partial charge is 0.255 e. The van der Waals surface area contributed by atoms with Crippen molar-refractivity contribution in [1.82, 2.24) is 4.90 Å². The summed E-state index contributed by atoms with van der Waals surface area (Å²) in [6, 6.07) is 5.74. The predicted molar refractivity (Wildman–Crippen MR) is 66.0 cm³/mol. The molecule has 3 heteroatoms. The Hall–Kier alpha value is -1.09. The van der Waals surface area contributed by atoms with Gasteiger partial charge in [0.15, 0.2) is 0 Å². The third-order valence-corrected chi connectivity index (χ3v) is 2.79. The predicted octanol–water partition coefficient (Wildman–Crippen LogP) is 3.02. The van der Waals surface area contributed by atoms with Crippen LogP contribution in [0.3, 0.4) is 0 Å². The van der Waals surface area contributed by atoms with E-state index in [0.29, 0.717) is 12.1 Å². The number of carbonyl (C=O) groups excluding carboxylic acids is 1. The van der Waals surface area contributed by atoms with Gasteiger partial charge in [0.1, 0.15) is 0 Å². The lowest BCUT2D eigenvalue weighted by Crippen LogP contribution is -2.27. The van der Waals surface area contributed by atoms with Gasteiger partial charge in [-0.1, -0.05) is 17.7 Å². The highest BCUT2D eigenvalue weighted by Gasteiger charge is 2.13. The van der Waals surface area contributed by atoms with Crippen molar-refractivity contribution in [3.63, 3.8) is 0 Å². The Balaban J connectivity index is 2.99. The lowest BCUT2D eigenvalue weighted by Gasteiger charge is -2.16. The molecule has 0 unspecified atom stereocenters. The minimum absolute atomic E-state index is 0.00507. The van der Waals surface area contributed by atoms with Crippen molar-refractivity contribution in [2.24, 2.45) is 0 Å². The summed E-state index contributed by atoms with van der Waals surface area (Å²) in [5.74, 6) is 0.00507. The molecule has 15 heavy (non-hydrogen) atoms. The summed E-state index contributed by atoms with van der Waals surface area (Å²) in [7, 11) is 1.76. The van der Waals surface area contributed by atoms with Gasteiger partial charge < -0.3 is 4.90 Å². The monoisotopic (exact) mass is 267 g/mol. The van der Waals surface area contributed by atoms with Crippen LogP contribution in [0.1, 0.15) is 15.9 Å². The van der Waals surface area contributed by atoms with Gasteiger partial charge in [-0.05, 0) is 35.0 Å². The largest absolute Gasteiger partial charge is 0.338 e. The van der Waals surface area contributed by atoms with Gasteiger partial charge in [-0.25, -0.2) is 0 Å². The number of amides is 1. The lowest BCUT2D eigenvalue weighted by atomic mass is 10.1. The van der Waals surface area contributed by atoms with Gasteiger partial charge in [-0.2, -0.15) is 0 Å². The normalized spacial score (nSPS) is 9.80. The summed E-state index contributed by atoms with van der Waals surface area (Å²) in [6.45, 7) is 6.13. The average Bonchev–Trinajstić information content (AvgIpc) is 2.21. The SMILES string of the molecule is C=CCN(C)C(=O)c1cc(C)ccc1Br. The summed E-state index contributed by atoms with van der Waals surface area (Å²) in [5.41, 5.74) is 1.77. The highest BCUT2D eigenvalue weighted by atomic mass is 79.9. The maximum atomic E-state index is 12.0. The van der Waals surface area contributed by atoms with Crippen molar-refractivity contribution in [2.75, 3.05) is 13.6 Å². The van der Waals surface area contributed by atoms with E-state index in [2.05, 4.69) is 22.5 Å². The highest BCUT2D eigenvalue weighted by Crippen LogP contribution is 2.19. The number of hydrogen-bond acceptors (Lipinski definition) is 1. The Morgan fingerprint density at radius 1 is 1.60 bits per heavy atom. The van der Waals surface area contributed by atoms with Gasteiger partial charge in [0.05, 0.1) is 5.56 Å². The minimum Gasteiger partial charge on any atom is -0.338 e. The van der Waals surface area contributed by atoms with E-state index in [-0.39, 0.29) is 5.91 Å². The molecule has 0 aliphatic carbocycles. The second-order valence-corrected chi connectivity index (χ2v) is 4.31. The first-order valence-electron chi connectivity index (χ1n) is 4.68. The third kappa shape index (κ3) is 2.93. The second-order valence-electron chi connectivity index (χ2n) is 3.46. The van der Waals surface area contributed by atoms with Crippen molar-refractivity contribution < 1.29 is 4.79 Å².